The van der Waals surface area contributed by atoms with Crippen LogP contribution in [0.1, 0.15) is 33.3 Å². The van der Waals surface area contributed by atoms with Gasteiger partial charge in [0.05, 0.1) is 6.04 Å². The first kappa shape index (κ1) is 16.6. The number of piperazine rings is 1. The predicted octanol–water partition coefficient (Wildman–Crippen LogP) is 3.30. The van der Waals surface area contributed by atoms with Crippen LogP contribution >= 0.6 is 0 Å². The predicted molar refractivity (Wildman–Crippen MR) is 89.7 cm³/mol. The molecule has 1 heterocycles. The van der Waals surface area contributed by atoms with E-state index in [9.17, 15) is 4.79 Å². The summed E-state index contributed by atoms with van der Waals surface area (Å²) in [7, 11) is 0. The molecule has 2 rings (SSSR count). The zero-order chi connectivity index (χ0) is 16.2. The van der Waals surface area contributed by atoms with Gasteiger partial charge in [0.15, 0.2) is 0 Å². The molecule has 1 amide bonds. The minimum absolute atomic E-state index is 0.0313. The minimum atomic E-state index is -0.469. The van der Waals surface area contributed by atoms with Crippen molar-refractivity contribution >= 4 is 12.2 Å². The van der Waals surface area contributed by atoms with Gasteiger partial charge in [0.2, 0.25) is 0 Å². The second kappa shape index (κ2) is 6.97. The van der Waals surface area contributed by atoms with Gasteiger partial charge in [-0.05, 0) is 38.8 Å². The molecule has 0 bridgehead atoms. The molecule has 0 radical (unpaired) electrons. The lowest BCUT2D eigenvalue weighted by Gasteiger charge is -2.37. The minimum Gasteiger partial charge on any atom is -0.444 e. The van der Waals surface area contributed by atoms with E-state index in [0.29, 0.717) is 6.54 Å². The van der Waals surface area contributed by atoms with Crippen LogP contribution in [0.3, 0.4) is 0 Å². The second-order valence-corrected chi connectivity index (χ2v) is 6.69. The van der Waals surface area contributed by atoms with Crippen molar-refractivity contribution in [3.05, 3.63) is 41.5 Å². The summed E-state index contributed by atoms with van der Waals surface area (Å²) in [5.74, 6) is 0. The van der Waals surface area contributed by atoms with Crippen molar-refractivity contribution in [3.8, 4) is 0 Å². The maximum Gasteiger partial charge on any atom is 0.410 e. The Bertz CT molecular complexity index is 532. The molecule has 1 aliphatic heterocycles. The standard InChI is InChI=1S/C18H26N2O2/c1-14(12-15-8-6-5-7-9-15)16-13-19-10-11-20(16)17(21)22-18(2,3)4/h5-9,12,16,19H,10-11,13H2,1-4H3/b14-12-. The van der Waals surface area contributed by atoms with Gasteiger partial charge in [0.1, 0.15) is 5.60 Å². The van der Waals surface area contributed by atoms with Gasteiger partial charge in [-0.2, -0.15) is 0 Å². The fraction of sp³-hybridized carbons (Fsp3) is 0.500. The van der Waals surface area contributed by atoms with Gasteiger partial charge in [0, 0.05) is 19.6 Å². The number of carbonyl (C=O) groups excluding carboxylic acids is 1. The number of rotatable bonds is 2. The molecular weight excluding hydrogens is 276 g/mol. The van der Waals surface area contributed by atoms with E-state index in [1.807, 2.05) is 43.9 Å². The lowest BCUT2D eigenvalue weighted by Crippen LogP contribution is -2.55. The van der Waals surface area contributed by atoms with E-state index in [0.717, 1.165) is 24.2 Å². The molecule has 0 aromatic heterocycles. The average Bonchev–Trinajstić information content (AvgIpc) is 2.46. The SMILES string of the molecule is C/C(=C/c1ccccc1)C1CNCCN1C(=O)OC(C)(C)C. The highest BCUT2D eigenvalue weighted by molar-refractivity contribution is 5.70. The van der Waals surface area contributed by atoms with Crippen molar-refractivity contribution in [2.75, 3.05) is 19.6 Å². The van der Waals surface area contributed by atoms with Gasteiger partial charge in [-0.25, -0.2) is 4.79 Å². The summed E-state index contributed by atoms with van der Waals surface area (Å²) in [6.07, 6.45) is 1.90. The summed E-state index contributed by atoms with van der Waals surface area (Å²) in [4.78, 5) is 14.3. The van der Waals surface area contributed by atoms with E-state index in [2.05, 4.69) is 30.4 Å². The number of hydrogen-bond donors (Lipinski definition) is 1. The molecule has 0 aliphatic carbocycles. The summed E-state index contributed by atoms with van der Waals surface area (Å²) >= 11 is 0. The lowest BCUT2D eigenvalue weighted by atomic mass is 10.0. The molecule has 4 heteroatoms. The van der Waals surface area contributed by atoms with Gasteiger partial charge in [-0.3, -0.25) is 4.90 Å². The van der Waals surface area contributed by atoms with Crippen molar-refractivity contribution < 1.29 is 9.53 Å². The second-order valence-electron chi connectivity index (χ2n) is 6.69. The monoisotopic (exact) mass is 302 g/mol. The Morgan fingerprint density at radius 3 is 2.64 bits per heavy atom. The van der Waals surface area contributed by atoms with Gasteiger partial charge in [0.25, 0.3) is 0 Å². The van der Waals surface area contributed by atoms with Crippen LogP contribution in [-0.4, -0.2) is 42.3 Å². The topological polar surface area (TPSA) is 41.6 Å². The van der Waals surface area contributed by atoms with Crippen LogP contribution in [0.2, 0.25) is 0 Å². The van der Waals surface area contributed by atoms with Crippen molar-refractivity contribution in [1.29, 1.82) is 0 Å². The van der Waals surface area contributed by atoms with Gasteiger partial charge in [-0.15, -0.1) is 0 Å². The van der Waals surface area contributed by atoms with Crippen molar-refractivity contribution in [1.82, 2.24) is 10.2 Å². The van der Waals surface area contributed by atoms with Crippen LogP contribution in [0, 0.1) is 0 Å². The molecule has 4 nitrogen and oxygen atoms in total. The summed E-state index contributed by atoms with van der Waals surface area (Å²) in [5, 5.41) is 3.36. The van der Waals surface area contributed by atoms with E-state index in [4.69, 9.17) is 4.74 Å². The quantitative estimate of drug-likeness (QED) is 0.911. The van der Waals surface area contributed by atoms with Gasteiger partial charge in [-0.1, -0.05) is 36.4 Å². The van der Waals surface area contributed by atoms with Crippen molar-refractivity contribution in [2.45, 2.75) is 39.3 Å². The zero-order valence-electron chi connectivity index (χ0n) is 13.9. The molecular formula is C18H26N2O2. The molecule has 22 heavy (non-hydrogen) atoms. The number of carbonyl (C=O) groups is 1. The number of benzene rings is 1. The third kappa shape index (κ3) is 4.60. The molecule has 1 aliphatic rings. The fourth-order valence-electron chi connectivity index (χ4n) is 2.56. The first-order chi connectivity index (χ1) is 10.4. The van der Waals surface area contributed by atoms with Crippen LogP contribution in [0.4, 0.5) is 4.79 Å². The molecule has 1 atom stereocenters. The van der Waals surface area contributed by atoms with E-state index in [1.165, 1.54) is 0 Å². The Hall–Kier alpha value is -1.81. The third-order valence-electron chi connectivity index (χ3n) is 3.59. The Morgan fingerprint density at radius 1 is 1.32 bits per heavy atom. The lowest BCUT2D eigenvalue weighted by molar-refractivity contribution is 0.0158. The molecule has 1 aromatic rings. The number of ether oxygens (including phenoxy) is 1. The number of amides is 1. The maximum absolute atomic E-state index is 12.4. The Kier molecular flexibility index (Phi) is 5.24. The maximum atomic E-state index is 12.4. The first-order valence-corrected chi connectivity index (χ1v) is 7.80. The molecule has 1 fully saturated rings. The highest BCUT2D eigenvalue weighted by atomic mass is 16.6. The molecule has 1 N–H and O–H groups in total. The molecule has 1 saturated heterocycles. The first-order valence-electron chi connectivity index (χ1n) is 7.80. The van der Waals surface area contributed by atoms with Crippen LogP contribution in [-0.2, 0) is 4.74 Å². The van der Waals surface area contributed by atoms with Crippen LogP contribution in [0.25, 0.3) is 6.08 Å². The average molecular weight is 302 g/mol. The van der Waals surface area contributed by atoms with E-state index in [1.54, 1.807) is 0 Å². The van der Waals surface area contributed by atoms with E-state index in [-0.39, 0.29) is 12.1 Å². The Morgan fingerprint density at radius 2 is 2.00 bits per heavy atom. The summed E-state index contributed by atoms with van der Waals surface area (Å²) in [6, 6.07) is 10.2. The van der Waals surface area contributed by atoms with Crippen LogP contribution in [0.15, 0.2) is 35.9 Å². The Balaban J connectivity index is 2.15. The molecule has 1 aromatic carbocycles. The highest BCUT2D eigenvalue weighted by Crippen LogP contribution is 2.19. The summed E-state index contributed by atoms with van der Waals surface area (Å²) < 4.78 is 5.54. The van der Waals surface area contributed by atoms with E-state index >= 15 is 0 Å². The van der Waals surface area contributed by atoms with Crippen molar-refractivity contribution in [2.24, 2.45) is 0 Å². The molecule has 0 saturated carbocycles. The number of nitrogens with one attached hydrogen (secondary N) is 1. The van der Waals surface area contributed by atoms with Crippen LogP contribution < -0.4 is 5.32 Å². The van der Waals surface area contributed by atoms with Crippen LogP contribution in [0.5, 0.6) is 0 Å². The zero-order valence-corrected chi connectivity index (χ0v) is 13.9. The smallest absolute Gasteiger partial charge is 0.410 e. The molecule has 1 unspecified atom stereocenters. The van der Waals surface area contributed by atoms with Gasteiger partial charge >= 0.3 is 6.09 Å². The Labute approximate surface area is 133 Å². The number of nitrogens with zero attached hydrogens (tertiary/aromatic N) is 1. The van der Waals surface area contributed by atoms with Gasteiger partial charge < -0.3 is 10.1 Å². The third-order valence-corrected chi connectivity index (χ3v) is 3.59. The largest absolute Gasteiger partial charge is 0.444 e. The fourth-order valence-corrected chi connectivity index (χ4v) is 2.56. The normalized spacial score (nSPS) is 19.9. The van der Waals surface area contributed by atoms with E-state index < -0.39 is 5.60 Å². The molecule has 120 valence electrons. The molecule has 0 spiro atoms. The summed E-state index contributed by atoms with van der Waals surface area (Å²) in [5.41, 5.74) is 1.84. The highest BCUT2D eigenvalue weighted by Gasteiger charge is 2.31. The van der Waals surface area contributed by atoms with Crippen molar-refractivity contribution in [3.63, 3.8) is 0 Å². The number of hydrogen-bond acceptors (Lipinski definition) is 3. The summed E-state index contributed by atoms with van der Waals surface area (Å²) in [6.45, 7) is 9.99.